The van der Waals surface area contributed by atoms with E-state index in [1.807, 2.05) is 6.07 Å². The Morgan fingerprint density at radius 2 is 1.84 bits per heavy atom. The molecule has 0 atom stereocenters. The van der Waals surface area contributed by atoms with Gasteiger partial charge in [-0.1, -0.05) is 26.0 Å². The number of hydrogen-bond donors (Lipinski definition) is 0. The van der Waals surface area contributed by atoms with Crippen molar-refractivity contribution in [2.24, 2.45) is 7.05 Å². The van der Waals surface area contributed by atoms with Crippen molar-refractivity contribution in [1.82, 2.24) is 9.38 Å². The zero-order valence-electron chi connectivity index (χ0n) is 15.5. The topological polar surface area (TPSA) is 21.2 Å². The van der Waals surface area contributed by atoms with Crippen LogP contribution in [0.1, 0.15) is 36.5 Å². The fraction of sp³-hybridized carbons (Fsp3) is 0.273. The van der Waals surface area contributed by atoms with Crippen LogP contribution in [0.3, 0.4) is 0 Å². The fourth-order valence-corrected chi connectivity index (χ4v) is 3.82. The van der Waals surface area contributed by atoms with Crippen LogP contribution < -0.4 is 4.57 Å². The minimum absolute atomic E-state index is 0.500. The molecule has 0 saturated carbocycles. The lowest BCUT2D eigenvalue weighted by Crippen LogP contribution is -2.32. The molecule has 25 heavy (non-hydrogen) atoms. The van der Waals surface area contributed by atoms with Crippen molar-refractivity contribution in [3.05, 3.63) is 65.5 Å². The fourth-order valence-electron chi connectivity index (χ4n) is 3.82. The molecule has 0 bridgehead atoms. The predicted octanol–water partition coefficient (Wildman–Crippen LogP) is 4.72. The smallest absolute Gasteiger partial charge is 0.215 e. The van der Waals surface area contributed by atoms with Crippen molar-refractivity contribution in [2.45, 2.75) is 33.6 Å². The third kappa shape index (κ3) is 2.42. The minimum Gasteiger partial charge on any atom is -0.300 e. The molecule has 3 heterocycles. The maximum absolute atomic E-state index is 4.94. The molecule has 0 radical (unpaired) electrons. The zero-order chi connectivity index (χ0) is 17.7. The van der Waals surface area contributed by atoms with Crippen LogP contribution in [0.5, 0.6) is 0 Å². The lowest BCUT2D eigenvalue weighted by molar-refractivity contribution is -0.660. The van der Waals surface area contributed by atoms with Gasteiger partial charge in [-0.05, 0) is 49.1 Å². The molecule has 0 amide bonds. The van der Waals surface area contributed by atoms with E-state index in [9.17, 15) is 0 Å². The largest absolute Gasteiger partial charge is 0.300 e. The van der Waals surface area contributed by atoms with E-state index in [0.29, 0.717) is 5.92 Å². The van der Waals surface area contributed by atoms with E-state index < -0.39 is 0 Å². The van der Waals surface area contributed by atoms with Crippen molar-refractivity contribution in [1.29, 1.82) is 0 Å². The normalized spacial score (nSPS) is 11.8. The highest BCUT2D eigenvalue weighted by atomic mass is 15.0. The Kier molecular flexibility index (Phi) is 3.60. The summed E-state index contributed by atoms with van der Waals surface area (Å²) in [7, 11) is 2.13. The Labute approximate surface area is 148 Å². The predicted molar refractivity (Wildman–Crippen MR) is 103 cm³/mol. The number of rotatable bonds is 2. The average Bonchev–Trinajstić information content (AvgIpc) is 2.94. The summed E-state index contributed by atoms with van der Waals surface area (Å²) in [5.41, 5.74) is 9.65. The van der Waals surface area contributed by atoms with Crippen LogP contribution >= 0.6 is 0 Å². The van der Waals surface area contributed by atoms with Crippen LogP contribution in [0.4, 0.5) is 0 Å². The molecule has 4 rings (SSSR count). The van der Waals surface area contributed by atoms with Gasteiger partial charge < -0.3 is 0 Å². The minimum atomic E-state index is 0.500. The van der Waals surface area contributed by atoms with Crippen LogP contribution in [0, 0.1) is 13.8 Å². The lowest BCUT2D eigenvalue weighted by Gasteiger charge is -2.12. The summed E-state index contributed by atoms with van der Waals surface area (Å²) in [4.78, 5) is 4.94. The summed E-state index contributed by atoms with van der Waals surface area (Å²) >= 11 is 0. The van der Waals surface area contributed by atoms with Crippen molar-refractivity contribution >= 4 is 16.7 Å². The Balaban J connectivity index is 2.11. The summed E-state index contributed by atoms with van der Waals surface area (Å²) in [5.74, 6) is 0.500. The maximum atomic E-state index is 4.94. The summed E-state index contributed by atoms with van der Waals surface area (Å²) < 4.78 is 4.39. The van der Waals surface area contributed by atoms with Gasteiger partial charge in [0, 0.05) is 17.8 Å². The van der Waals surface area contributed by atoms with Gasteiger partial charge in [0.1, 0.15) is 18.2 Å². The molecular formula is C22H24N3+. The van der Waals surface area contributed by atoms with Crippen LogP contribution in [0.2, 0.25) is 0 Å². The molecule has 0 N–H and O–H groups in total. The highest BCUT2D eigenvalue weighted by Crippen LogP contribution is 2.32. The van der Waals surface area contributed by atoms with Gasteiger partial charge in [0.25, 0.3) is 0 Å². The molecule has 3 nitrogen and oxygen atoms in total. The number of fused-ring (bicyclic) bond motifs is 3. The molecule has 0 aliphatic carbocycles. The van der Waals surface area contributed by atoms with Gasteiger partial charge in [-0.2, -0.15) is 0 Å². The van der Waals surface area contributed by atoms with Crippen LogP contribution in [0.25, 0.3) is 27.9 Å². The molecule has 0 unspecified atom stereocenters. The number of hydrogen-bond acceptors (Lipinski definition) is 1. The Bertz CT molecular complexity index is 1100. The molecule has 126 valence electrons. The maximum Gasteiger partial charge on any atom is 0.215 e. The van der Waals surface area contributed by atoms with Crippen molar-refractivity contribution in [3.8, 4) is 11.3 Å². The zero-order valence-corrected chi connectivity index (χ0v) is 15.5. The summed E-state index contributed by atoms with van der Waals surface area (Å²) in [6.45, 7) is 8.88. The van der Waals surface area contributed by atoms with Gasteiger partial charge >= 0.3 is 0 Å². The van der Waals surface area contributed by atoms with E-state index >= 15 is 0 Å². The quantitative estimate of drug-likeness (QED) is 0.487. The molecule has 4 aromatic rings. The monoisotopic (exact) mass is 330 g/mol. The highest BCUT2D eigenvalue weighted by molar-refractivity contribution is 5.94. The van der Waals surface area contributed by atoms with Crippen molar-refractivity contribution < 1.29 is 4.57 Å². The molecule has 3 aromatic heterocycles. The number of imidazole rings is 1. The first-order valence-corrected chi connectivity index (χ1v) is 8.84. The van der Waals surface area contributed by atoms with Gasteiger partial charge in [0.15, 0.2) is 6.20 Å². The SMILES string of the molecule is Cc1c[n+](C)c(-c2c(C)ccc3c2nc2ccccn23)cc1C(C)C. The Morgan fingerprint density at radius 1 is 1.04 bits per heavy atom. The van der Waals surface area contributed by atoms with E-state index in [2.05, 4.69) is 86.4 Å². The van der Waals surface area contributed by atoms with Gasteiger partial charge in [-0.15, -0.1) is 0 Å². The van der Waals surface area contributed by atoms with Crippen LogP contribution in [-0.4, -0.2) is 9.38 Å². The molecular weight excluding hydrogens is 306 g/mol. The van der Waals surface area contributed by atoms with E-state index in [4.69, 9.17) is 4.98 Å². The summed E-state index contributed by atoms with van der Waals surface area (Å²) in [5, 5.41) is 0. The van der Waals surface area contributed by atoms with Gasteiger partial charge in [0.2, 0.25) is 5.69 Å². The third-order valence-corrected chi connectivity index (χ3v) is 5.08. The standard InChI is InChI=1S/C22H24N3/c1-14(2)17-12-19(24(5)13-16(17)4)21-15(3)9-10-18-22(21)23-20-8-6-7-11-25(18)20/h6-14H,1-5H3/q+1. The van der Waals surface area contributed by atoms with E-state index in [1.54, 1.807) is 0 Å². The number of benzene rings is 1. The first kappa shape index (κ1) is 15.8. The molecule has 0 spiro atoms. The van der Waals surface area contributed by atoms with E-state index in [-0.39, 0.29) is 0 Å². The van der Waals surface area contributed by atoms with Gasteiger partial charge in [-0.3, -0.25) is 4.40 Å². The molecule has 1 aromatic carbocycles. The number of aryl methyl sites for hydroxylation is 3. The molecule has 0 aliphatic rings. The third-order valence-electron chi connectivity index (χ3n) is 5.08. The Morgan fingerprint density at radius 3 is 2.60 bits per heavy atom. The second-order valence-electron chi connectivity index (χ2n) is 7.23. The second kappa shape index (κ2) is 5.69. The van der Waals surface area contributed by atoms with Crippen LogP contribution in [0.15, 0.2) is 48.8 Å². The van der Waals surface area contributed by atoms with Crippen molar-refractivity contribution in [3.63, 3.8) is 0 Å². The Hall–Kier alpha value is -2.68. The summed E-state index contributed by atoms with van der Waals surface area (Å²) in [6, 6.07) is 12.9. The molecule has 0 saturated heterocycles. The van der Waals surface area contributed by atoms with Crippen molar-refractivity contribution in [2.75, 3.05) is 0 Å². The number of aromatic nitrogens is 3. The number of nitrogens with zero attached hydrogens (tertiary/aromatic N) is 3. The first-order valence-electron chi connectivity index (χ1n) is 8.84. The number of pyridine rings is 2. The lowest BCUT2D eigenvalue weighted by atomic mass is 9.95. The van der Waals surface area contributed by atoms with Crippen LogP contribution in [-0.2, 0) is 7.05 Å². The van der Waals surface area contributed by atoms with Gasteiger partial charge in [-0.25, -0.2) is 9.55 Å². The molecule has 3 heteroatoms. The second-order valence-corrected chi connectivity index (χ2v) is 7.23. The average molecular weight is 330 g/mol. The highest BCUT2D eigenvalue weighted by Gasteiger charge is 2.21. The van der Waals surface area contributed by atoms with E-state index in [0.717, 1.165) is 16.7 Å². The first-order chi connectivity index (χ1) is 12.0. The summed E-state index contributed by atoms with van der Waals surface area (Å²) in [6.07, 6.45) is 4.32. The van der Waals surface area contributed by atoms with Gasteiger partial charge in [0.05, 0.1) is 11.1 Å². The van der Waals surface area contributed by atoms with E-state index in [1.165, 1.54) is 27.9 Å². The molecule has 0 aliphatic heterocycles. The molecule has 0 fully saturated rings.